The van der Waals surface area contributed by atoms with E-state index in [2.05, 4.69) is 36.2 Å². The van der Waals surface area contributed by atoms with Crippen LogP contribution in [-0.4, -0.2) is 62.8 Å². The second-order valence-electron chi connectivity index (χ2n) is 9.91. The summed E-state index contributed by atoms with van der Waals surface area (Å²) >= 11 is 0. The van der Waals surface area contributed by atoms with Gasteiger partial charge in [-0.3, -0.25) is 0 Å². The van der Waals surface area contributed by atoms with Crippen LogP contribution in [0.15, 0.2) is 55.0 Å². The molecular formula is C28H32F2N4O2. The molecule has 3 heterocycles. The van der Waals surface area contributed by atoms with Crippen molar-refractivity contribution in [3.8, 4) is 5.69 Å². The quantitative estimate of drug-likeness (QED) is 0.563. The van der Waals surface area contributed by atoms with E-state index in [4.69, 9.17) is 0 Å². The van der Waals surface area contributed by atoms with Crippen molar-refractivity contribution in [1.29, 1.82) is 0 Å². The Morgan fingerprint density at radius 1 is 1.00 bits per heavy atom. The number of imidazole rings is 1. The van der Waals surface area contributed by atoms with Crippen molar-refractivity contribution in [3.05, 3.63) is 83.4 Å². The van der Waals surface area contributed by atoms with E-state index in [9.17, 15) is 18.7 Å². The molecule has 1 aromatic heterocycles. The van der Waals surface area contributed by atoms with Crippen LogP contribution in [0.3, 0.4) is 0 Å². The zero-order chi connectivity index (χ0) is 25.2. The van der Waals surface area contributed by atoms with Crippen LogP contribution in [0.25, 0.3) is 5.69 Å². The highest BCUT2D eigenvalue weighted by Crippen LogP contribution is 2.36. The molecule has 2 unspecified atom stereocenters. The summed E-state index contributed by atoms with van der Waals surface area (Å²) in [5.41, 5.74) is 2.98. The third-order valence-corrected chi connectivity index (χ3v) is 7.53. The fourth-order valence-electron chi connectivity index (χ4n) is 5.40. The van der Waals surface area contributed by atoms with Gasteiger partial charge in [0, 0.05) is 44.2 Å². The molecule has 0 saturated carbocycles. The number of aryl methyl sites for hydroxylation is 1. The van der Waals surface area contributed by atoms with E-state index in [1.807, 2.05) is 9.80 Å². The number of amides is 2. The van der Waals surface area contributed by atoms with Gasteiger partial charge in [0.05, 0.1) is 18.1 Å². The Morgan fingerprint density at radius 3 is 2.33 bits per heavy atom. The molecule has 2 atom stereocenters. The Kier molecular flexibility index (Phi) is 7.05. The molecule has 36 heavy (non-hydrogen) atoms. The number of halogens is 2. The largest absolute Gasteiger partial charge is 0.393 e. The lowest BCUT2D eigenvalue weighted by molar-refractivity contribution is 0.0755. The maximum Gasteiger partial charge on any atom is 0.320 e. The van der Waals surface area contributed by atoms with E-state index >= 15 is 0 Å². The standard InChI is InChI=1S/C28H32F2N4O2/c1-2-19-6-8-20(9-7-19)21-14-22(16-33(15-21)28(36)32-12-10-23(35)11-13-32)26-17-34(18-31-26)27-24(29)4-3-5-25(27)30/h3-9,17-18,21-23,35H,2,10-16H2,1H3. The highest BCUT2D eigenvalue weighted by molar-refractivity contribution is 5.75. The highest BCUT2D eigenvalue weighted by atomic mass is 19.1. The molecule has 0 aliphatic carbocycles. The maximum absolute atomic E-state index is 14.4. The molecule has 190 valence electrons. The molecule has 2 aliphatic heterocycles. The second kappa shape index (κ2) is 10.4. The highest BCUT2D eigenvalue weighted by Gasteiger charge is 2.35. The number of urea groups is 1. The zero-order valence-electron chi connectivity index (χ0n) is 20.5. The maximum atomic E-state index is 14.4. The number of aromatic nitrogens is 2. The SMILES string of the molecule is CCc1ccc(C2CC(c3cn(-c4c(F)cccc4F)cn3)CN(C(=O)N3CCC(O)CC3)C2)cc1. The number of para-hydroxylation sites is 1. The summed E-state index contributed by atoms with van der Waals surface area (Å²) in [5, 5.41) is 9.86. The van der Waals surface area contributed by atoms with Gasteiger partial charge in [-0.15, -0.1) is 0 Å². The lowest BCUT2D eigenvalue weighted by Gasteiger charge is -2.41. The third kappa shape index (κ3) is 5.00. The van der Waals surface area contributed by atoms with Crippen molar-refractivity contribution < 1.29 is 18.7 Å². The molecule has 1 N–H and O–H groups in total. The number of likely N-dealkylation sites (tertiary alicyclic amines) is 2. The Hall–Kier alpha value is -3.26. The van der Waals surface area contributed by atoms with Gasteiger partial charge < -0.3 is 19.5 Å². The molecule has 8 heteroatoms. The molecule has 0 spiro atoms. The van der Waals surface area contributed by atoms with Gasteiger partial charge in [0.1, 0.15) is 17.3 Å². The van der Waals surface area contributed by atoms with Crippen LogP contribution in [-0.2, 0) is 6.42 Å². The van der Waals surface area contributed by atoms with E-state index < -0.39 is 11.6 Å². The molecule has 2 amide bonds. The number of aliphatic hydroxyl groups is 1. The minimum Gasteiger partial charge on any atom is -0.393 e. The average Bonchev–Trinajstić information content (AvgIpc) is 3.38. The summed E-state index contributed by atoms with van der Waals surface area (Å²) in [6.45, 7) is 4.29. The molecule has 0 bridgehead atoms. The first-order valence-corrected chi connectivity index (χ1v) is 12.7. The van der Waals surface area contributed by atoms with Crippen molar-refractivity contribution in [1.82, 2.24) is 19.4 Å². The molecule has 0 radical (unpaired) electrons. The third-order valence-electron chi connectivity index (χ3n) is 7.53. The van der Waals surface area contributed by atoms with Gasteiger partial charge in [-0.2, -0.15) is 0 Å². The van der Waals surface area contributed by atoms with Gasteiger partial charge in [0.15, 0.2) is 0 Å². The van der Waals surface area contributed by atoms with Crippen molar-refractivity contribution in [2.45, 2.75) is 50.5 Å². The number of carbonyl (C=O) groups excluding carboxylic acids is 1. The summed E-state index contributed by atoms with van der Waals surface area (Å²) in [6, 6.07) is 12.3. The molecular weight excluding hydrogens is 462 g/mol. The molecule has 6 nitrogen and oxygen atoms in total. The molecule has 3 aromatic rings. The number of piperidine rings is 2. The van der Waals surface area contributed by atoms with Gasteiger partial charge in [-0.25, -0.2) is 18.6 Å². The smallest absolute Gasteiger partial charge is 0.320 e. The summed E-state index contributed by atoms with van der Waals surface area (Å²) in [4.78, 5) is 21.7. The first-order valence-electron chi connectivity index (χ1n) is 12.7. The Bertz CT molecular complexity index is 1180. The van der Waals surface area contributed by atoms with Crippen LogP contribution < -0.4 is 0 Å². The number of rotatable bonds is 4. The number of hydrogen-bond acceptors (Lipinski definition) is 3. The van der Waals surface area contributed by atoms with Gasteiger partial charge in [-0.05, 0) is 48.9 Å². The van der Waals surface area contributed by atoms with E-state index in [1.165, 1.54) is 40.2 Å². The van der Waals surface area contributed by atoms with Crippen LogP contribution in [0.2, 0.25) is 0 Å². The minimum absolute atomic E-state index is 0.0265. The number of aliphatic hydroxyl groups excluding tert-OH is 1. The van der Waals surface area contributed by atoms with E-state index in [0.29, 0.717) is 44.7 Å². The lowest BCUT2D eigenvalue weighted by atomic mass is 9.83. The van der Waals surface area contributed by atoms with Crippen LogP contribution in [0.4, 0.5) is 13.6 Å². The second-order valence-corrected chi connectivity index (χ2v) is 9.91. The summed E-state index contributed by atoms with van der Waals surface area (Å²) in [7, 11) is 0. The Labute approximate surface area is 210 Å². The predicted octanol–water partition coefficient (Wildman–Crippen LogP) is 4.86. The normalized spacial score (nSPS) is 21.1. The van der Waals surface area contributed by atoms with Crippen molar-refractivity contribution in [3.63, 3.8) is 0 Å². The minimum atomic E-state index is -0.652. The molecule has 2 aliphatic rings. The van der Waals surface area contributed by atoms with Crippen LogP contribution in [0.5, 0.6) is 0 Å². The molecule has 2 fully saturated rings. The molecule has 2 aromatic carbocycles. The van der Waals surface area contributed by atoms with Crippen molar-refractivity contribution in [2.75, 3.05) is 26.2 Å². The number of nitrogens with zero attached hydrogens (tertiary/aromatic N) is 4. The molecule has 2 saturated heterocycles. The average molecular weight is 495 g/mol. The lowest BCUT2D eigenvalue weighted by Crippen LogP contribution is -2.51. The first-order chi connectivity index (χ1) is 17.4. The first kappa shape index (κ1) is 24.4. The van der Waals surface area contributed by atoms with E-state index in [0.717, 1.165) is 12.8 Å². The van der Waals surface area contributed by atoms with Crippen molar-refractivity contribution in [2.24, 2.45) is 0 Å². The van der Waals surface area contributed by atoms with Gasteiger partial charge in [0.2, 0.25) is 0 Å². The Morgan fingerprint density at radius 2 is 1.67 bits per heavy atom. The fraction of sp³-hybridized carbons (Fsp3) is 0.429. The predicted molar refractivity (Wildman–Crippen MR) is 133 cm³/mol. The Balaban J connectivity index is 1.42. The summed E-state index contributed by atoms with van der Waals surface area (Å²) in [6.07, 6.45) is 5.68. The van der Waals surface area contributed by atoms with Crippen LogP contribution >= 0.6 is 0 Å². The van der Waals surface area contributed by atoms with E-state index in [-0.39, 0.29) is 29.7 Å². The zero-order valence-corrected chi connectivity index (χ0v) is 20.5. The number of carbonyl (C=O) groups is 1. The monoisotopic (exact) mass is 494 g/mol. The van der Waals surface area contributed by atoms with E-state index in [1.54, 1.807) is 6.20 Å². The van der Waals surface area contributed by atoms with Crippen molar-refractivity contribution >= 4 is 6.03 Å². The summed E-state index contributed by atoms with van der Waals surface area (Å²) < 4.78 is 30.1. The van der Waals surface area contributed by atoms with Gasteiger partial charge in [0.25, 0.3) is 0 Å². The summed E-state index contributed by atoms with van der Waals surface area (Å²) in [5.74, 6) is -1.27. The van der Waals surface area contributed by atoms with Crippen LogP contribution in [0.1, 0.15) is 54.8 Å². The number of hydrogen-bond donors (Lipinski definition) is 1. The van der Waals surface area contributed by atoms with Crippen LogP contribution in [0, 0.1) is 11.6 Å². The van der Waals surface area contributed by atoms with Gasteiger partial charge >= 0.3 is 6.03 Å². The molecule has 5 rings (SSSR count). The fourth-order valence-corrected chi connectivity index (χ4v) is 5.40. The topological polar surface area (TPSA) is 61.6 Å². The van der Waals surface area contributed by atoms with Gasteiger partial charge in [-0.1, -0.05) is 37.3 Å². The number of benzene rings is 2.